The number of fused-ring (bicyclic) bond motifs is 1. The fraction of sp³-hybridized carbons (Fsp3) is 0.667. The third-order valence-corrected chi connectivity index (χ3v) is 2.72. The molecule has 0 saturated heterocycles. The van der Waals surface area contributed by atoms with Crippen molar-refractivity contribution in [3.05, 3.63) is 10.7 Å². The van der Waals surface area contributed by atoms with Crippen molar-refractivity contribution < 1.29 is 9.84 Å². The van der Waals surface area contributed by atoms with Crippen LogP contribution in [-0.2, 0) is 6.54 Å². The number of hydrogen-bond donors (Lipinski definition) is 2. The van der Waals surface area contributed by atoms with E-state index in [0.29, 0.717) is 18.1 Å². The maximum atomic E-state index is 9.88. The van der Waals surface area contributed by atoms with Gasteiger partial charge in [0.1, 0.15) is 6.10 Å². The van der Waals surface area contributed by atoms with E-state index in [1.165, 1.54) is 0 Å². The fourth-order valence-electron chi connectivity index (χ4n) is 1.63. The summed E-state index contributed by atoms with van der Waals surface area (Å²) in [5.41, 5.74) is 6.13. The number of aliphatic hydroxyl groups is 1. The van der Waals surface area contributed by atoms with Crippen LogP contribution in [0.1, 0.15) is 25.0 Å². The molecule has 0 bridgehead atoms. The lowest BCUT2D eigenvalue weighted by molar-refractivity contribution is 0.143. The van der Waals surface area contributed by atoms with E-state index in [9.17, 15) is 5.11 Å². The lowest BCUT2D eigenvalue weighted by Gasteiger charge is -2.19. The van der Waals surface area contributed by atoms with E-state index in [2.05, 4.69) is 5.10 Å². The van der Waals surface area contributed by atoms with Crippen LogP contribution in [0, 0.1) is 0 Å². The van der Waals surface area contributed by atoms with Crippen LogP contribution in [0.15, 0.2) is 0 Å². The SMILES string of the molecule is CC(N)C(O)c1c(Cl)nn2c1OCCC2. The van der Waals surface area contributed by atoms with Gasteiger partial charge in [0.15, 0.2) is 5.15 Å². The van der Waals surface area contributed by atoms with Crippen molar-refractivity contribution in [2.24, 2.45) is 5.73 Å². The normalized spacial score (nSPS) is 19.2. The Morgan fingerprint density at radius 1 is 1.67 bits per heavy atom. The number of nitrogens with two attached hydrogens (primary N) is 1. The molecule has 0 radical (unpaired) electrons. The quantitative estimate of drug-likeness (QED) is 0.786. The molecule has 0 aliphatic carbocycles. The summed E-state index contributed by atoms with van der Waals surface area (Å²) in [7, 11) is 0. The zero-order valence-electron chi connectivity index (χ0n) is 8.48. The Morgan fingerprint density at radius 2 is 2.40 bits per heavy atom. The predicted octanol–water partition coefficient (Wildman–Crippen LogP) is 0.700. The van der Waals surface area contributed by atoms with Crippen molar-refractivity contribution in [2.45, 2.75) is 32.0 Å². The lowest BCUT2D eigenvalue weighted by atomic mass is 10.1. The van der Waals surface area contributed by atoms with Crippen LogP contribution in [-0.4, -0.2) is 27.5 Å². The van der Waals surface area contributed by atoms with Gasteiger partial charge in [-0.1, -0.05) is 11.6 Å². The second-order valence-electron chi connectivity index (χ2n) is 3.74. The Hall–Kier alpha value is -0.780. The average molecular weight is 232 g/mol. The molecule has 0 fully saturated rings. The van der Waals surface area contributed by atoms with Crippen molar-refractivity contribution in [3.8, 4) is 5.88 Å². The number of nitrogens with zero attached hydrogens (tertiary/aromatic N) is 2. The number of aliphatic hydroxyl groups excluding tert-OH is 1. The first kappa shape index (κ1) is 10.7. The highest BCUT2D eigenvalue weighted by Gasteiger charge is 2.28. The van der Waals surface area contributed by atoms with Gasteiger partial charge in [0, 0.05) is 19.0 Å². The summed E-state index contributed by atoms with van der Waals surface area (Å²) in [4.78, 5) is 0. The molecule has 1 aromatic heterocycles. The molecule has 0 spiro atoms. The molecular formula is C9H14ClN3O2. The van der Waals surface area contributed by atoms with E-state index in [0.717, 1.165) is 13.0 Å². The standard InChI is InChI=1S/C9H14ClN3O2/c1-5(11)7(14)6-8(10)12-13-3-2-4-15-9(6)13/h5,7,14H,2-4,11H2,1H3. The topological polar surface area (TPSA) is 73.3 Å². The van der Waals surface area contributed by atoms with Crippen molar-refractivity contribution in [3.63, 3.8) is 0 Å². The Labute approximate surface area is 92.8 Å². The number of aromatic nitrogens is 2. The first-order valence-electron chi connectivity index (χ1n) is 4.94. The molecule has 0 saturated carbocycles. The molecule has 2 heterocycles. The van der Waals surface area contributed by atoms with Gasteiger partial charge >= 0.3 is 0 Å². The molecule has 2 rings (SSSR count). The van der Waals surface area contributed by atoms with Crippen LogP contribution in [0.25, 0.3) is 0 Å². The summed E-state index contributed by atoms with van der Waals surface area (Å²) in [5, 5.41) is 14.3. The fourth-order valence-corrected chi connectivity index (χ4v) is 1.91. The van der Waals surface area contributed by atoms with Crippen molar-refractivity contribution in [1.29, 1.82) is 0 Å². The Bertz CT molecular complexity index is 364. The van der Waals surface area contributed by atoms with Gasteiger partial charge < -0.3 is 15.6 Å². The van der Waals surface area contributed by atoms with Crippen LogP contribution >= 0.6 is 11.6 Å². The number of rotatable bonds is 2. The minimum absolute atomic E-state index is 0.275. The number of ether oxygens (including phenoxy) is 1. The second-order valence-corrected chi connectivity index (χ2v) is 4.10. The average Bonchev–Trinajstić information content (AvgIpc) is 2.52. The minimum Gasteiger partial charge on any atom is -0.477 e. The summed E-state index contributed by atoms with van der Waals surface area (Å²) in [6, 6.07) is -0.401. The van der Waals surface area contributed by atoms with Crippen molar-refractivity contribution >= 4 is 11.6 Å². The van der Waals surface area contributed by atoms with E-state index in [1.54, 1.807) is 11.6 Å². The highest BCUT2D eigenvalue weighted by atomic mass is 35.5. The van der Waals surface area contributed by atoms with Crippen molar-refractivity contribution in [1.82, 2.24) is 9.78 Å². The molecule has 6 heteroatoms. The molecule has 0 amide bonds. The van der Waals surface area contributed by atoms with Crippen LogP contribution in [0.2, 0.25) is 5.15 Å². The van der Waals surface area contributed by atoms with E-state index in [4.69, 9.17) is 22.1 Å². The molecule has 84 valence electrons. The first-order chi connectivity index (χ1) is 7.11. The molecule has 1 aliphatic heterocycles. The third-order valence-electron chi connectivity index (χ3n) is 2.44. The molecule has 1 aromatic rings. The molecule has 3 N–H and O–H groups in total. The van der Waals surface area contributed by atoms with Gasteiger partial charge in [-0.2, -0.15) is 5.10 Å². The van der Waals surface area contributed by atoms with Gasteiger partial charge in [-0.25, -0.2) is 4.68 Å². The van der Waals surface area contributed by atoms with Crippen molar-refractivity contribution in [2.75, 3.05) is 6.61 Å². The van der Waals surface area contributed by atoms with E-state index in [1.807, 2.05) is 0 Å². The Morgan fingerprint density at radius 3 is 3.07 bits per heavy atom. The number of halogens is 1. The molecule has 0 aromatic carbocycles. The molecular weight excluding hydrogens is 218 g/mol. The van der Waals surface area contributed by atoms with Gasteiger partial charge in [-0.05, 0) is 6.92 Å². The van der Waals surface area contributed by atoms with Gasteiger partial charge in [0.05, 0.1) is 12.2 Å². The first-order valence-corrected chi connectivity index (χ1v) is 5.31. The van der Waals surface area contributed by atoms with Gasteiger partial charge in [0.2, 0.25) is 5.88 Å². The Balaban J connectivity index is 2.41. The maximum Gasteiger partial charge on any atom is 0.219 e. The highest BCUT2D eigenvalue weighted by molar-refractivity contribution is 6.30. The number of hydrogen-bond acceptors (Lipinski definition) is 4. The molecule has 15 heavy (non-hydrogen) atoms. The Kier molecular flexibility index (Phi) is 2.86. The zero-order valence-corrected chi connectivity index (χ0v) is 9.24. The maximum absolute atomic E-state index is 9.88. The van der Waals surface area contributed by atoms with Gasteiger partial charge in [-0.15, -0.1) is 0 Å². The monoisotopic (exact) mass is 231 g/mol. The number of aryl methyl sites for hydroxylation is 1. The van der Waals surface area contributed by atoms with E-state index < -0.39 is 12.1 Å². The van der Waals surface area contributed by atoms with Crippen LogP contribution in [0.4, 0.5) is 0 Å². The van der Waals surface area contributed by atoms with Crippen LogP contribution < -0.4 is 10.5 Å². The highest BCUT2D eigenvalue weighted by Crippen LogP contribution is 2.35. The van der Waals surface area contributed by atoms with Gasteiger partial charge in [0.25, 0.3) is 0 Å². The summed E-state index contributed by atoms with van der Waals surface area (Å²) in [5.74, 6) is 0.552. The summed E-state index contributed by atoms with van der Waals surface area (Å²) < 4.78 is 7.12. The minimum atomic E-state index is -0.834. The second kappa shape index (κ2) is 4.00. The van der Waals surface area contributed by atoms with Crippen LogP contribution in [0.3, 0.4) is 0 Å². The third kappa shape index (κ3) is 1.82. The predicted molar refractivity (Wildman–Crippen MR) is 56.0 cm³/mol. The van der Waals surface area contributed by atoms with Gasteiger partial charge in [-0.3, -0.25) is 0 Å². The molecule has 2 atom stereocenters. The molecule has 5 nitrogen and oxygen atoms in total. The molecule has 1 aliphatic rings. The largest absolute Gasteiger partial charge is 0.477 e. The molecule has 2 unspecified atom stereocenters. The summed E-state index contributed by atoms with van der Waals surface area (Å²) >= 11 is 5.95. The summed E-state index contributed by atoms with van der Waals surface area (Å²) in [6.07, 6.45) is 0.0676. The lowest BCUT2D eigenvalue weighted by Crippen LogP contribution is -2.25. The van der Waals surface area contributed by atoms with Crippen LogP contribution in [0.5, 0.6) is 5.88 Å². The zero-order chi connectivity index (χ0) is 11.0. The summed E-state index contributed by atoms with van der Waals surface area (Å²) in [6.45, 7) is 3.11. The van der Waals surface area contributed by atoms with E-state index >= 15 is 0 Å². The van der Waals surface area contributed by atoms with E-state index in [-0.39, 0.29) is 5.15 Å². The smallest absolute Gasteiger partial charge is 0.219 e.